The van der Waals surface area contributed by atoms with Crippen molar-refractivity contribution >= 4 is 35.3 Å². The van der Waals surface area contributed by atoms with E-state index in [0.717, 1.165) is 5.56 Å². The summed E-state index contributed by atoms with van der Waals surface area (Å²) in [5.74, 6) is -4.31. The van der Waals surface area contributed by atoms with Crippen molar-refractivity contribution in [3.05, 3.63) is 35.9 Å². The average Bonchev–Trinajstić information content (AvgIpc) is 2.97. The van der Waals surface area contributed by atoms with Crippen LogP contribution in [0.3, 0.4) is 0 Å². The van der Waals surface area contributed by atoms with Crippen LogP contribution in [0.1, 0.15) is 93.7 Å². The molecule has 0 aromatic heterocycles. The van der Waals surface area contributed by atoms with Gasteiger partial charge in [-0.2, -0.15) is 0 Å². The summed E-state index contributed by atoms with van der Waals surface area (Å²) in [4.78, 5) is 79.2. The van der Waals surface area contributed by atoms with Gasteiger partial charge in [-0.3, -0.25) is 28.8 Å². The van der Waals surface area contributed by atoms with Crippen molar-refractivity contribution < 1.29 is 28.8 Å². The van der Waals surface area contributed by atoms with E-state index in [1.54, 1.807) is 41.5 Å². The van der Waals surface area contributed by atoms with E-state index in [9.17, 15) is 28.8 Å². The zero-order valence-electron chi connectivity index (χ0n) is 29.2. The number of hydrogen-bond acceptors (Lipinski definition) is 7. The quantitative estimate of drug-likeness (QED) is 0.207. The lowest BCUT2D eigenvalue weighted by molar-refractivity contribution is -0.141. The number of nitrogens with one attached hydrogen (secondary N) is 4. The molecule has 0 radical (unpaired) electrons. The second kappa shape index (κ2) is 18.2. The Morgan fingerprint density at radius 1 is 0.778 bits per heavy atom. The SMILES string of the molecule is CC.CC[C@@H](NC(=O)C(=O)C(C)NC(=O)[C@H](CC(=O)N(C)C)NC(=O)C(NC(=O)[C@@H](N)C(C)(C)C)C(C)(C)C)c1ccccc1. The minimum Gasteiger partial charge on any atom is -0.349 e. The highest BCUT2D eigenvalue weighted by molar-refractivity contribution is 6.38. The predicted octanol–water partition coefficient (Wildman–Crippen LogP) is 2.22. The van der Waals surface area contributed by atoms with E-state index in [4.69, 9.17) is 5.73 Å². The standard InChI is InChI=1S/C31H50N6O6.C2H6/c1-11-20(19-15-13-12-14-16-19)34-27(41)23(39)18(2)33-26(40)21(17-22(38)37(9)10)35-29(43)25(31(6,7)8)36-28(42)24(32)30(3,4)5;1-2/h12-16,18,20-21,24-25H,11,17,32H2,1-10H3,(H,33,40)(H,34,41)(H,35,43)(H,36,42);1-2H3/t18?,20-,21+,24-,25?;/m1./s1. The number of nitrogens with zero attached hydrogens (tertiary/aromatic N) is 1. The fraction of sp³-hybridized carbons (Fsp3) is 0.636. The van der Waals surface area contributed by atoms with E-state index in [1.165, 1.54) is 25.9 Å². The monoisotopic (exact) mass is 632 g/mol. The number of Topliss-reactive ketones (excluding diaryl/α,β-unsaturated/α-hetero) is 1. The molecular formula is C33H56N6O6. The van der Waals surface area contributed by atoms with E-state index in [-0.39, 0.29) is 0 Å². The van der Waals surface area contributed by atoms with Gasteiger partial charge in [0.15, 0.2) is 0 Å². The zero-order chi connectivity index (χ0) is 35.3. The number of rotatable bonds is 13. The first-order chi connectivity index (χ1) is 20.7. The minimum absolute atomic E-state index is 0.402. The van der Waals surface area contributed by atoms with Gasteiger partial charge >= 0.3 is 0 Å². The van der Waals surface area contributed by atoms with Gasteiger partial charge in [0.2, 0.25) is 29.4 Å². The van der Waals surface area contributed by atoms with Crippen molar-refractivity contribution in [1.29, 1.82) is 0 Å². The van der Waals surface area contributed by atoms with Gasteiger partial charge in [-0.05, 0) is 29.7 Å². The molecule has 5 atom stereocenters. The minimum atomic E-state index is -1.40. The molecule has 12 heteroatoms. The molecule has 45 heavy (non-hydrogen) atoms. The van der Waals surface area contributed by atoms with Gasteiger partial charge in [0.1, 0.15) is 12.1 Å². The Morgan fingerprint density at radius 3 is 1.76 bits per heavy atom. The van der Waals surface area contributed by atoms with Gasteiger partial charge in [0.25, 0.3) is 5.91 Å². The summed E-state index contributed by atoms with van der Waals surface area (Å²) in [6, 6.07) is 4.10. The largest absolute Gasteiger partial charge is 0.349 e. The summed E-state index contributed by atoms with van der Waals surface area (Å²) < 4.78 is 0. The number of hydrogen-bond donors (Lipinski definition) is 5. The van der Waals surface area contributed by atoms with Crippen LogP contribution < -0.4 is 27.0 Å². The molecule has 0 saturated heterocycles. The summed E-state index contributed by atoms with van der Waals surface area (Å²) in [5.41, 5.74) is 5.56. The number of nitrogens with two attached hydrogens (primary N) is 1. The second-order valence-electron chi connectivity index (χ2n) is 13.1. The summed E-state index contributed by atoms with van der Waals surface area (Å²) in [6.07, 6.45) is 0.118. The van der Waals surface area contributed by atoms with Crippen molar-refractivity contribution in [2.45, 2.75) is 112 Å². The first-order valence-corrected chi connectivity index (χ1v) is 15.5. The molecule has 1 aromatic rings. The Labute approximate surface area is 269 Å². The van der Waals surface area contributed by atoms with Crippen LogP contribution in [0.25, 0.3) is 0 Å². The third kappa shape index (κ3) is 13.4. The van der Waals surface area contributed by atoms with Gasteiger partial charge in [-0.15, -0.1) is 0 Å². The zero-order valence-corrected chi connectivity index (χ0v) is 29.2. The van der Waals surface area contributed by atoms with Crippen molar-refractivity contribution in [2.24, 2.45) is 16.6 Å². The molecule has 254 valence electrons. The number of amides is 5. The maximum absolute atomic E-state index is 13.5. The van der Waals surface area contributed by atoms with Crippen LogP contribution >= 0.6 is 0 Å². The maximum atomic E-state index is 13.5. The molecular weight excluding hydrogens is 576 g/mol. The van der Waals surface area contributed by atoms with Crippen LogP contribution in [0.5, 0.6) is 0 Å². The van der Waals surface area contributed by atoms with E-state index in [1.807, 2.05) is 51.1 Å². The van der Waals surface area contributed by atoms with Crippen LogP contribution in [-0.4, -0.2) is 78.5 Å². The maximum Gasteiger partial charge on any atom is 0.290 e. The molecule has 0 spiro atoms. The molecule has 0 aliphatic carbocycles. The molecule has 12 nitrogen and oxygen atoms in total. The van der Waals surface area contributed by atoms with E-state index in [0.29, 0.717) is 6.42 Å². The van der Waals surface area contributed by atoms with E-state index < -0.39 is 82.8 Å². The topological polar surface area (TPSA) is 180 Å². The van der Waals surface area contributed by atoms with Gasteiger partial charge in [0.05, 0.1) is 24.5 Å². The summed E-state index contributed by atoms with van der Waals surface area (Å²) >= 11 is 0. The third-order valence-corrected chi connectivity index (χ3v) is 7.03. The Bertz CT molecular complexity index is 1160. The summed E-state index contributed by atoms with van der Waals surface area (Å²) in [6.45, 7) is 17.8. The van der Waals surface area contributed by atoms with Crippen molar-refractivity contribution in [2.75, 3.05) is 14.1 Å². The Balaban J connectivity index is 0.00000947. The van der Waals surface area contributed by atoms with Crippen LogP contribution in [0, 0.1) is 10.8 Å². The van der Waals surface area contributed by atoms with Gasteiger partial charge in [-0.1, -0.05) is 92.6 Å². The predicted molar refractivity (Wildman–Crippen MR) is 176 cm³/mol. The molecule has 0 heterocycles. The number of ketones is 1. The van der Waals surface area contributed by atoms with Gasteiger partial charge < -0.3 is 31.9 Å². The van der Waals surface area contributed by atoms with Crippen molar-refractivity contribution in [1.82, 2.24) is 26.2 Å². The van der Waals surface area contributed by atoms with Crippen LogP contribution in [-0.2, 0) is 28.8 Å². The highest BCUT2D eigenvalue weighted by Crippen LogP contribution is 2.22. The molecule has 0 saturated carbocycles. The Morgan fingerprint density at radius 2 is 1.31 bits per heavy atom. The molecule has 2 unspecified atom stereocenters. The third-order valence-electron chi connectivity index (χ3n) is 7.03. The van der Waals surface area contributed by atoms with E-state index in [2.05, 4.69) is 21.3 Å². The number of benzene rings is 1. The molecule has 1 rings (SSSR count). The molecule has 1 aromatic carbocycles. The van der Waals surface area contributed by atoms with Crippen LogP contribution in [0.15, 0.2) is 30.3 Å². The first kappa shape index (κ1) is 41.2. The highest BCUT2D eigenvalue weighted by atomic mass is 16.2. The molecule has 6 N–H and O–H groups in total. The van der Waals surface area contributed by atoms with Crippen LogP contribution in [0.2, 0.25) is 0 Å². The normalized spacial score (nSPS) is 14.6. The lowest BCUT2D eigenvalue weighted by Gasteiger charge is -2.34. The summed E-state index contributed by atoms with van der Waals surface area (Å²) in [7, 11) is 3.00. The Hall–Kier alpha value is -3.80. The lowest BCUT2D eigenvalue weighted by Crippen LogP contribution is -2.62. The van der Waals surface area contributed by atoms with Crippen molar-refractivity contribution in [3.8, 4) is 0 Å². The highest BCUT2D eigenvalue weighted by Gasteiger charge is 2.38. The molecule has 0 aliphatic rings. The second-order valence-corrected chi connectivity index (χ2v) is 13.1. The lowest BCUT2D eigenvalue weighted by atomic mass is 9.83. The molecule has 5 amide bonds. The van der Waals surface area contributed by atoms with Gasteiger partial charge in [0, 0.05) is 14.1 Å². The van der Waals surface area contributed by atoms with Crippen molar-refractivity contribution in [3.63, 3.8) is 0 Å². The smallest absolute Gasteiger partial charge is 0.290 e. The first-order valence-electron chi connectivity index (χ1n) is 15.5. The number of carbonyl (C=O) groups excluding carboxylic acids is 6. The molecule has 0 aliphatic heterocycles. The van der Waals surface area contributed by atoms with Crippen LogP contribution in [0.4, 0.5) is 0 Å². The fourth-order valence-electron chi connectivity index (χ4n) is 4.03. The Kier molecular flexibility index (Phi) is 16.7. The fourth-order valence-corrected chi connectivity index (χ4v) is 4.03. The molecule has 0 bridgehead atoms. The summed E-state index contributed by atoms with van der Waals surface area (Å²) in [5, 5.41) is 10.4. The molecule has 0 fully saturated rings. The average molecular weight is 633 g/mol. The number of carbonyl (C=O) groups is 6. The van der Waals surface area contributed by atoms with E-state index >= 15 is 0 Å². The van der Waals surface area contributed by atoms with Gasteiger partial charge in [-0.25, -0.2) is 0 Å².